The summed E-state index contributed by atoms with van der Waals surface area (Å²) in [5.74, 6) is 1.56. The highest BCUT2D eigenvalue weighted by molar-refractivity contribution is 5.94. The quantitative estimate of drug-likeness (QED) is 0.634. The van der Waals surface area contributed by atoms with Gasteiger partial charge in [-0.2, -0.15) is 0 Å². The molecule has 1 amide bonds. The largest absolute Gasteiger partial charge is 0.484 e. The second-order valence-corrected chi connectivity index (χ2v) is 8.42. The highest BCUT2D eigenvalue weighted by Crippen LogP contribution is 2.25. The highest BCUT2D eigenvalue weighted by Gasteiger charge is 2.19. The summed E-state index contributed by atoms with van der Waals surface area (Å²) in [6.07, 6.45) is 0. The Morgan fingerprint density at radius 2 is 1.84 bits per heavy atom. The van der Waals surface area contributed by atoms with Gasteiger partial charge in [-0.1, -0.05) is 18.2 Å². The lowest BCUT2D eigenvalue weighted by atomic mass is 10.2. The Morgan fingerprint density at radius 1 is 1.10 bits per heavy atom. The molecule has 2 aromatic carbocycles. The summed E-state index contributed by atoms with van der Waals surface area (Å²) in [4.78, 5) is 22.1. The molecule has 0 spiro atoms. The highest BCUT2D eigenvalue weighted by atomic mass is 16.5. The van der Waals surface area contributed by atoms with Crippen molar-refractivity contribution in [3.8, 4) is 5.75 Å². The number of fused-ring (bicyclic) bond motifs is 1. The van der Waals surface area contributed by atoms with E-state index in [9.17, 15) is 4.79 Å². The molecular weight excluding hydrogens is 390 g/mol. The predicted molar refractivity (Wildman–Crippen MR) is 123 cm³/mol. The Kier molecular flexibility index (Phi) is 6.53. The molecule has 1 saturated heterocycles. The molecule has 0 radical (unpaired) electrons. The van der Waals surface area contributed by atoms with Crippen LogP contribution in [0.3, 0.4) is 0 Å². The third-order valence-corrected chi connectivity index (χ3v) is 5.64. The number of ether oxygens (including phenoxy) is 1. The van der Waals surface area contributed by atoms with Gasteiger partial charge in [-0.05, 0) is 51.2 Å². The van der Waals surface area contributed by atoms with Gasteiger partial charge in [-0.15, -0.1) is 0 Å². The van der Waals surface area contributed by atoms with Crippen LogP contribution in [0.1, 0.15) is 25.7 Å². The fraction of sp³-hybridized carbons (Fsp3) is 0.417. The van der Waals surface area contributed by atoms with Crippen LogP contribution in [0.25, 0.3) is 11.0 Å². The van der Waals surface area contributed by atoms with Gasteiger partial charge in [0.1, 0.15) is 11.6 Å². The number of imidazole rings is 1. The van der Waals surface area contributed by atoms with Crippen LogP contribution in [0, 0.1) is 0 Å². The van der Waals surface area contributed by atoms with Crippen molar-refractivity contribution in [1.82, 2.24) is 19.4 Å². The Balaban J connectivity index is 1.47. The van der Waals surface area contributed by atoms with Gasteiger partial charge in [-0.25, -0.2) is 4.98 Å². The molecular formula is C24H31N5O2. The number of carbonyl (C=O) groups excluding carboxylic acids is 1. The number of piperazine rings is 1. The van der Waals surface area contributed by atoms with Crippen molar-refractivity contribution in [2.75, 3.05) is 45.2 Å². The number of hydrogen-bond donors (Lipinski definition) is 1. The van der Waals surface area contributed by atoms with E-state index in [0.29, 0.717) is 11.8 Å². The van der Waals surface area contributed by atoms with Crippen LogP contribution in [0.2, 0.25) is 0 Å². The van der Waals surface area contributed by atoms with E-state index in [2.05, 4.69) is 40.6 Å². The summed E-state index contributed by atoms with van der Waals surface area (Å²) in [7, 11) is 2.17. The maximum absolute atomic E-state index is 12.3. The first-order valence-electron chi connectivity index (χ1n) is 10.9. The summed E-state index contributed by atoms with van der Waals surface area (Å²) in [6.45, 7) is 9.47. The molecule has 0 aliphatic carbocycles. The number of aromatic nitrogens is 2. The number of para-hydroxylation sites is 1. The van der Waals surface area contributed by atoms with Crippen molar-refractivity contribution in [3.05, 3.63) is 54.4 Å². The molecule has 1 aliphatic heterocycles. The van der Waals surface area contributed by atoms with Crippen LogP contribution in [0.15, 0.2) is 48.5 Å². The van der Waals surface area contributed by atoms with Crippen molar-refractivity contribution >= 4 is 22.6 Å². The van der Waals surface area contributed by atoms with E-state index in [0.717, 1.165) is 55.3 Å². The van der Waals surface area contributed by atoms with E-state index in [1.165, 1.54) is 0 Å². The maximum atomic E-state index is 12.3. The van der Waals surface area contributed by atoms with Crippen molar-refractivity contribution < 1.29 is 9.53 Å². The van der Waals surface area contributed by atoms with Gasteiger partial charge in [0.2, 0.25) is 0 Å². The van der Waals surface area contributed by atoms with Gasteiger partial charge >= 0.3 is 0 Å². The topological polar surface area (TPSA) is 62.6 Å². The zero-order chi connectivity index (χ0) is 21.8. The molecule has 3 aromatic rings. The molecule has 1 aliphatic rings. The summed E-state index contributed by atoms with van der Waals surface area (Å²) in [5, 5.41) is 2.92. The Labute approximate surface area is 183 Å². The molecule has 0 saturated carbocycles. The molecule has 0 bridgehead atoms. The van der Waals surface area contributed by atoms with Crippen LogP contribution in [0.4, 0.5) is 5.69 Å². The fourth-order valence-electron chi connectivity index (χ4n) is 3.98. The first-order valence-corrected chi connectivity index (χ1v) is 10.9. The van der Waals surface area contributed by atoms with Crippen LogP contribution in [-0.2, 0) is 11.3 Å². The number of carbonyl (C=O) groups is 1. The average molecular weight is 422 g/mol. The van der Waals surface area contributed by atoms with Crippen molar-refractivity contribution in [1.29, 1.82) is 0 Å². The first-order chi connectivity index (χ1) is 15.0. The van der Waals surface area contributed by atoms with E-state index in [1.807, 2.05) is 48.5 Å². The number of anilines is 1. The number of nitrogens with zero attached hydrogens (tertiary/aromatic N) is 4. The molecule has 0 atom stereocenters. The van der Waals surface area contributed by atoms with Crippen LogP contribution >= 0.6 is 0 Å². The second kappa shape index (κ2) is 9.49. The molecule has 0 unspecified atom stereocenters. The Hall–Kier alpha value is -2.90. The first kappa shape index (κ1) is 21.3. The van der Waals surface area contributed by atoms with Crippen molar-refractivity contribution in [2.45, 2.75) is 26.4 Å². The van der Waals surface area contributed by atoms with Gasteiger partial charge in [0.25, 0.3) is 5.91 Å². The summed E-state index contributed by atoms with van der Waals surface area (Å²) >= 11 is 0. The van der Waals surface area contributed by atoms with Gasteiger partial charge < -0.3 is 19.5 Å². The van der Waals surface area contributed by atoms with E-state index in [4.69, 9.17) is 9.72 Å². The maximum Gasteiger partial charge on any atom is 0.262 e. The number of amides is 1. The average Bonchev–Trinajstić information content (AvgIpc) is 3.12. The summed E-state index contributed by atoms with van der Waals surface area (Å²) in [5.41, 5.74) is 2.73. The number of likely N-dealkylation sites (N-methyl/N-ethyl adjacent to an activating group) is 1. The van der Waals surface area contributed by atoms with Crippen molar-refractivity contribution in [2.24, 2.45) is 0 Å². The lowest BCUT2D eigenvalue weighted by Crippen LogP contribution is -2.44. The number of hydrogen-bond acceptors (Lipinski definition) is 5. The van der Waals surface area contributed by atoms with E-state index in [-0.39, 0.29) is 12.5 Å². The molecule has 1 N–H and O–H groups in total. The smallest absolute Gasteiger partial charge is 0.262 e. The minimum absolute atomic E-state index is 0.0306. The van der Waals surface area contributed by atoms with Crippen LogP contribution in [-0.4, -0.2) is 65.1 Å². The molecule has 1 fully saturated rings. The lowest BCUT2D eigenvalue weighted by Gasteiger charge is -2.32. The third kappa shape index (κ3) is 5.24. The van der Waals surface area contributed by atoms with E-state index < -0.39 is 0 Å². The lowest BCUT2D eigenvalue weighted by molar-refractivity contribution is -0.118. The van der Waals surface area contributed by atoms with Gasteiger partial charge in [0.05, 0.1) is 17.6 Å². The van der Waals surface area contributed by atoms with Gasteiger partial charge in [-0.3, -0.25) is 9.69 Å². The Morgan fingerprint density at radius 3 is 2.55 bits per heavy atom. The van der Waals surface area contributed by atoms with E-state index in [1.54, 1.807) is 0 Å². The van der Waals surface area contributed by atoms with Gasteiger partial charge in [0.15, 0.2) is 6.61 Å². The molecule has 1 aromatic heterocycles. The Bertz CT molecular complexity index is 1020. The van der Waals surface area contributed by atoms with Crippen molar-refractivity contribution in [3.63, 3.8) is 0 Å². The molecule has 7 heteroatoms. The summed E-state index contributed by atoms with van der Waals surface area (Å²) < 4.78 is 7.84. The van der Waals surface area contributed by atoms with Crippen LogP contribution < -0.4 is 10.1 Å². The van der Waals surface area contributed by atoms with Gasteiger partial charge in [0, 0.05) is 37.9 Å². The molecule has 7 nitrogen and oxygen atoms in total. The zero-order valence-electron chi connectivity index (χ0n) is 18.5. The monoisotopic (exact) mass is 421 g/mol. The number of benzene rings is 2. The second-order valence-electron chi connectivity index (χ2n) is 8.42. The predicted octanol–water partition coefficient (Wildman–Crippen LogP) is 3.38. The molecule has 31 heavy (non-hydrogen) atoms. The fourth-order valence-corrected chi connectivity index (χ4v) is 3.98. The normalized spacial score (nSPS) is 15.5. The molecule has 2 heterocycles. The van der Waals surface area contributed by atoms with E-state index >= 15 is 0 Å². The minimum atomic E-state index is -0.191. The number of nitrogens with one attached hydrogen (secondary N) is 1. The molecule has 4 rings (SSSR count). The third-order valence-electron chi connectivity index (χ3n) is 5.64. The zero-order valence-corrected chi connectivity index (χ0v) is 18.5. The summed E-state index contributed by atoms with van der Waals surface area (Å²) in [6, 6.07) is 15.6. The van der Waals surface area contributed by atoms with Crippen LogP contribution in [0.5, 0.6) is 5.75 Å². The standard InChI is InChI=1S/C24H31N5O2/c1-18(2)29-22-10-9-19(25-24(30)17-31-20-7-5-4-6-8-20)15-21(22)26-23(29)16-28-13-11-27(3)12-14-28/h4-10,15,18H,11-14,16-17H2,1-3H3,(H,25,30). The number of rotatable bonds is 7. The minimum Gasteiger partial charge on any atom is -0.484 e. The molecule has 164 valence electrons. The SMILES string of the molecule is CC(C)n1c(CN2CCN(C)CC2)nc2cc(NC(=O)COc3ccccc3)ccc21.